The average Bonchev–Trinajstić information content (AvgIpc) is 2.77. The number of carbonyl (C=O) groups is 1. The van der Waals surface area contributed by atoms with E-state index in [0.29, 0.717) is 22.9 Å². The number of carbonyl (C=O) groups excluding carboxylic acids is 1. The van der Waals surface area contributed by atoms with E-state index >= 15 is 0 Å². The second-order valence-electron chi connectivity index (χ2n) is 3.45. The Kier molecular flexibility index (Phi) is 2.99. The van der Waals surface area contributed by atoms with Crippen molar-refractivity contribution in [1.82, 2.24) is 20.4 Å². The lowest BCUT2D eigenvalue weighted by Crippen LogP contribution is -2.23. The summed E-state index contributed by atoms with van der Waals surface area (Å²) in [4.78, 5) is 19.5. The third kappa shape index (κ3) is 2.77. The van der Waals surface area contributed by atoms with E-state index in [1.54, 1.807) is 13.0 Å². The molecule has 2 aromatic heterocycles. The van der Waals surface area contributed by atoms with Crippen molar-refractivity contribution < 1.29 is 9.32 Å². The molecule has 17 heavy (non-hydrogen) atoms. The molecule has 0 unspecified atom stereocenters. The smallest absolute Gasteiger partial charge is 0.251 e. The number of nitrogen functional groups attached to an aromatic ring is 1. The van der Waals surface area contributed by atoms with E-state index in [4.69, 9.17) is 5.73 Å². The molecule has 0 aliphatic rings. The quantitative estimate of drug-likeness (QED) is 0.788. The first-order valence-electron chi connectivity index (χ1n) is 4.93. The number of hydrogen-bond donors (Lipinski definition) is 2. The number of hydrogen-bond acceptors (Lipinski definition) is 6. The van der Waals surface area contributed by atoms with Gasteiger partial charge in [0.15, 0.2) is 5.82 Å². The van der Waals surface area contributed by atoms with Crippen molar-refractivity contribution in [2.45, 2.75) is 13.5 Å². The Labute approximate surface area is 97.0 Å². The van der Waals surface area contributed by atoms with Crippen molar-refractivity contribution >= 4 is 11.7 Å². The van der Waals surface area contributed by atoms with E-state index in [-0.39, 0.29) is 12.5 Å². The van der Waals surface area contributed by atoms with Crippen LogP contribution >= 0.6 is 0 Å². The topological polar surface area (TPSA) is 107 Å². The van der Waals surface area contributed by atoms with E-state index in [0.717, 1.165) is 0 Å². The van der Waals surface area contributed by atoms with Crippen LogP contribution in [0, 0.1) is 6.92 Å². The van der Waals surface area contributed by atoms with Crippen LogP contribution in [0.5, 0.6) is 0 Å². The molecule has 0 bridgehead atoms. The highest BCUT2D eigenvalue weighted by Gasteiger charge is 2.08. The molecule has 3 N–H and O–H groups in total. The van der Waals surface area contributed by atoms with Crippen LogP contribution in [0.4, 0.5) is 5.82 Å². The Bertz CT molecular complexity index is 503. The number of nitrogens with one attached hydrogen (secondary N) is 1. The van der Waals surface area contributed by atoms with Crippen molar-refractivity contribution in [1.29, 1.82) is 0 Å². The Hall–Kier alpha value is -2.44. The molecule has 0 saturated heterocycles. The zero-order valence-corrected chi connectivity index (χ0v) is 9.17. The number of amides is 1. The maximum atomic E-state index is 11.8. The van der Waals surface area contributed by atoms with E-state index in [9.17, 15) is 4.79 Å². The van der Waals surface area contributed by atoms with Crippen LogP contribution in [-0.4, -0.2) is 21.0 Å². The molecule has 0 aromatic carbocycles. The van der Waals surface area contributed by atoms with Gasteiger partial charge in [-0.3, -0.25) is 4.79 Å². The summed E-state index contributed by atoms with van der Waals surface area (Å²) in [6.45, 7) is 1.98. The number of nitrogens with two attached hydrogens (primary N) is 1. The second-order valence-corrected chi connectivity index (χ2v) is 3.45. The molecule has 7 nitrogen and oxygen atoms in total. The third-order valence-electron chi connectivity index (χ3n) is 2.05. The van der Waals surface area contributed by atoms with Crippen LogP contribution in [0.25, 0.3) is 0 Å². The first-order chi connectivity index (χ1) is 8.15. The van der Waals surface area contributed by atoms with Gasteiger partial charge in [-0.05, 0) is 19.1 Å². The Morgan fingerprint density at radius 3 is 3.00 bits per heavy atom. The highest BCUT2D eigenvalue weighted by Crippen LogP contribution is 2.06. The monoisotopic (exact) mass is 233 g/mol. The first-order valence-corrected chi connectivity index (χ1v) is 4.93. The van der Waals surface area contributed by atoms with E-state index in [1.807, 2.05) is 0 Å². The van der Waals surface area contributed by atoms with Gasteiger partial charge in [0.2, 0.25) is 6.39 Å². The highest BCUT2D eigenvalue weighted by atomic mass is 16.5. The molecule has 0 aliphatic heterocycles. The van der Waals surface area contributed by atoms with Gasteiger partial charge >= 0.3 is 0 Å². The van der Waals surface area contributed by atoms with Crippen LogP contribution in [0.3, 0.4) is 0 Å². The molecular formula is C10H11N5O2. The van der Waals surface area contributed by atoms with E-state index < -0.39 is 0 Å². The SMILES string of the molecule is Cc1cc(C(=O)NCc2ncon2)cc(N)n1. The van der Waals surface area contributed by atoms with Crippen molar-refractivity contribution in [3.05, 3.63) is 35.6 Å². The lowest BCUT2D eigenvalue weighted by molar-refractivity contribution is 0.0949. The molecule has 2 heterocycles. The maximum Gasteiger partial charge on any atom is 0.251 e. The fraction of sp³-hybridized carbons (Fsp3) is 0.200. The Balaban J connectivity index is 2.04. The van der Waals surface area contributed by atoms with Crippen LogP contribution < -0.4 is 11.1 Å². The van der Waals surface area contributed by atoms with Gasteiger partial charge in [0.25, 0.3) is 5.91 Å². The summed E-state index contributed by atoms with van der Waals surface area (Å²) in [6.07, 6.45) is 1.20. The number of aromatic nitrogens is 3. The maximum absolute atomic E-state index is 11.8. The van der Waals surface area contributed by atoms with Gasteiger partial charge in [-0.2, -0.15) is 4.98 Å². The molecule has 0 atom stereocenters. The molecule has 7 heteroatoms. The summed E-state index contributed by atoms with van der Waals surface area (Å²) in [6, 6.07) is 3.17. The zero-order chi connectivity index (χ0) is 12.3. The summed E-state index contributed by atoms with van der Waals surface area (Å²) in [5.41, 5.74) is 6.70. The summed E-state index contributed by atoms with van der Waals surface area (Å²) in [7, 11) is 0. The summed E-state index contributed by atoms with van der Waals surface area (Å²) in [5, 5.41) is 6.23. The van der Waals surface area contributed by atoms with Gasteiger partial charge in [-0.1, -0.05) is 5.16 Å². The van der Waals surface area contributed by atoms with Crippen molar-refractivity contribution in [2.24, 2.45) is 0 Å². The molecule has 0 saturated carbocycles. The molecule has 0 radical (unpaired) electrons. The lowest BCUT2D eigenvalue weighted by atomic mass is 10.2. The predicted octanol–water partition coefficient (Wildman–Crippen LogP) is 0.285. The van der Waals surface area contributed by atoms with Gasteiger partial charge in [0, 0.05) is 11.3 Å². The van der Waals surface area contributed by atoms with E-state index in [2.05, 4.69) is 25.0 Å². The fourth-order valence-electron chi connectivity index (χ4n) is 1.36. The van der Waals surface area contributed by atoms with Gasteiger partial charge in [0.05, 0.1) is 6.54 Å². The molecule has 2 rings (SSSR count). The average molecular weight is 233 g/mol. The normalized spacial score (nSPS) is 10.2. The first kappa shape index (κ1) is 11.1. The molecule has 1 amide bonds. The van der Waals surface area contributed by atoms with Crippen LogP contribution in [0.2, 0.25) is 0 Å². The van der Waals surface area contributed by atoms with Gasteiger partial charge in [-0.15, -0.1) is 0 Å². The summed E-state index contributed by atoms with van der Waals surface area (Å²) < 4.78 is 4.55. The minimum absolute atomic E-state index is 0.205. The lowest BCUT2D eigenvalue weighted by Gasteiger charge is -2.04. The predicted molar refractivity (Wildman–Crippen MR) is 58.9 cm³/mol. The highest BCUT2D eigenvalue weighted by molar-refractivity contribution is 5.94. The molecule has 0 fully saturated rings. The number of rotatable bonds is 3. The van der Waals surface area contributed by atoms with Gasteiger partial charge in [0.1, 0.15) is 5.82 Å². The van der Waals surface area contributed by atoms with Crippen LogP contribution in [0.15, 0.2) is 23.0 Å². The molecule has 0 spiro atoms. The number of aryl methyl sites for hydroxylation is 1. The van der Waals surface area contributed by atoms with Gasteiger partial charge < -0.3 is 15.6 Å². The number of pyridine rings is 1. The Morgan fingerprint density at radius 2 is 2.35 bits per heavy atom. The van der Waals surface area contributed by atoms with Crippen molar-refractivity contribution in [2.75, 3.05) is 5.73 Å². The molecule has 0 aliphatic carbocycles. The van der Waals surface area contributed by atoms with Crippen molar-refractivity contribution in [3.63, 3.8) is 0 Å². The standard InChI is InChI=1S/C10H11N5O2/c1-6-2-7(3-8(11)14-6)10(16)12-4-9-13-5-17-15-9/h2-3,5H,4H2,1H3,(H2,11,14)(H,12,16). The minimum atomic E-state index is -0.257. The molecular weight excluding hydrogens is 222 g/mol. The second kappa shape index (κ2) is 4.60. The van der Waals surface area contributed by atoms with Crippen LogP contribution in [0.1, 0.15) is 21.9 Å². The van der Waals surface area contributed by atoms with E-state index in [1.165, 1.54) is 12.5 Å². The fourth-order valence-corrected chi connectivity index (χ4v) is 1.36. The zero-order valence-electron chi connectivity index (χ0n) is 9.17. The Morgan fingerprint density at radius 1 is 1.53 bits per heavy atom. The summed E-state index contributed by atoms with van der Waals surface area (Å²) >= 11 is 0. The number of nitrogens with zero attached hydrogens (tertiary/aromatic N) is 3. The van der Waals surface area contributed by atoms with Gasteiger partial charge in [-0.25, -0.2) is 4.98 Å². The van der Waals surface area contributed by atoms with Crippen molar-refractivity contribution in [3.8, 4) is 0 Å². The number of anilines is 1. The summed E-state index contributed by atoms with van der Waals surface area (Å²) in [5.74, 6) is 0.471. The molecule has 2 aromatic rings. The largest absolute Gasteiger partial charge is 0.384 e. The molecule has 88 valence electrons. The third-order valence-corrected chi connectivity index (χ3v) is 2.05. The van der Waals surface area contributed by atoms with Crippen LogP contribution in [-0.2, 0) is 6.54 Å². The minimum Gasteiger partial charge on any atom is -0.384 e.